The van der Waals surface area contributed by atoms with Gasteiger partial charge in [0, 0.05) is 22.4 Å². The van der Waals surface area contributed by atoms with Gasteiger partial charge in [-0.1, -0.05) is 0 Å². The molecule has 0 saturated carbocycles. The molecule has 5 heteroatoms. The fourth-order valence-corrected chi connectivity index (χ4v) is 0. The summed E-state index contributed by atoms with van der Waals surface area (Å²) < 4.78 is 0. The van der Waals surface area contributed by atoms with Crippen LogP contribution in [-0.2, 0) is 22.4 Å². The van der Waals surface area contributed by atoms with Crippen LogP contribution in [0, 0.1) is 0 Å². The average Bonchev–Trinajstić information content (AvgIpc) is 0. The van der Waals surface area contributed by atoms with Crippen LogP contribution in [0.25, 0.3) is 0 Å². The second kappa shape index (κ2) is 25.4. The number of rotatable bonds is 0. The Hall–Kier alpha value is 3.66. The van der Waals surface area contributed by atoms with E-state index in [4.69, 9.17) is 0 Å². The molecule has 0 fully saturated rings. The second-order valence-corrected chi connectivity index (χ2v) is 0. The molecular formula is H4I4Nb. The van der Waals surface area contributed by atoms with Gasteiger partial charge in [0.2, 0.25) is 0 Å². The zero-order valence-corrected chi connectivity index (χ0v) is 13.6. The maximum atomic E-state index is 0. The van der Waals surface area contributed by atoms with E-state index in [2.05, 4.69) is 0 Å². The Morgan fingerprint density at radius 3 is 0.400 bits per heavy atom. The summed E-state index contributed by atoms with van der Waals surface area (Å²) in [5.41, 5.74) is 0. The monoisotopic (exact) mass is 605 g/mol. The summed E-state index contributed by atoms with van der Waals surface area (Å²) in [6.07, 6.45) is 0. The predicted molar refractivity (Wildman–Crippen MR) is 61.7 cm³/mol. The zero-order chi connectivity index (χ0) is 0. The van der Waals surface area contributed by atoms with Crippen molar-refractivity contribution in [1.29, 1.82) is 0 Å². The molecule has 0 aliphatic rings. The van der Waals surface area contributed by atoms with Gasteiger partial charge in [0.15, 0.2) is 0 Å². The van der Waals surface area contributed by atoms with Gasteiger partial charge in [0.1, 0.15) is 0 Å². The van der Waals surface area contributed by atoms with Gasteiger partial charge >= 0.3 is 0 Å². The molecule has 0 atom stereocenters. The normalized spacial score (nSPS) is 0. The molecule has 0 saturated heterocycles. The summed E-state index contributed by atoms with van der Waals surface area (Å²) in [5.74, 6) is 0. The molecule has 0 N–H and O–H groups in total. The molecule has 0 aromatic carbocycles. The van der Waals surface area contributed by atoms with Gasteiger partial charge in [0.25, 0.3) is 0 Å². The Balaban J connectivity index is 0. The maximum absolute atomic E-state index is 0. The summed E-state index contributed by atoms with van der Waals surface area (Å²) in [4.78, 5) is 0. The van der Waals surface area contributed by atoms with E-state index < -0.39 is 0 Å². The molecule has 0 spiro atoms. The van der Waals surface area contributed by atoms with E-state index in [-0.39, 0.29) is 118 Å². The number of hydrogen-bond donors (Lipinski definition) is 0. The van der Waals surface area contributed by atoms with Crippen LogP contribution in [0.2, 0.25) is 0 Å². The van der Waals surface area contributed by atoms with Crippen LogP contribution >= 0.6 is 95.9 Å². The van der Waals surface area contributed by atoms with Crippen molar-refractivity contribution in [3.63, 3.8) is 0 Å². The van der Waals surface area contributed by atoms with Gasteiger partial charge < -0.3 is 0 Å². The topological polar surface area (TPSA) is 0 Å². The maximum Gasteiger partial charge on any atom is 0 e. The molecule has 0 bridgehead atoms. The number of hydrogen-bond acceptors (Lipinski definition) is 0. The molecule has 5 heavy (non-hydrogen) atoms. The van der Waals surface area contributed by atoms with Crippen molar-refractivity contribution >= 4 is 95.9 Å². The molecule has 0 rings (SSSR count). The Morgan fingerprint density at radius 1 is 0.400 bits per heavy atom. The minimum Gasteiger partial charge on any atom is -0.107 e. The fraction of sp³-hybridized carbons (Fsp3) is 0. The quantitative estimate of drug-likeness (QED) is 0.295. The first-order chi connectivity index (χ1) is 0. The summed E-state index contributed by atoms with van der Waals surface area (Å²) in [6, 6.07) is 0. The van der Waals surface area contributed by atoms with E-state index in [1.165, 1.54) is 0 Å². The molecular weight excluding hydrogens is 601 g/mol. The second-order valence-electron chi connectivity index (χ2n) is 0. The van der Waals surface area contributed by atoms with Crippen LogP contribution in [0.5, 0.6) is 0 Å². The minimum absolute atomic E-state index is 0. The van der Waals surface area contributed by atoms with Crippen molar-refractivity contribution < 1.29 is 22.4 Å². The zero-order valence-electron chi connectivity index (χ0n) is 2.08. The standard InChI is InChI=1S/4HI.Nb/h4*1H;. The first-order valence-electron chi connectivity index (χ1n) is 0. The Morgan fingerprint density at radius 2 is 0.400 bits per heavy atom. The third-order valence-electron chi connectivity index (χ3n) is 0. The Kier molecular flexibility index (Phi) is 192. The van der Waals surface area contributed by atoms with Gasteiger partial charge in [-0.2, -0.15) is 0 Å². The summed E-state index contributed by atoms with van der Waals surface area (Å²) >= 11 is 0. The fourth-order valence-electron chi connectivity index (χ4n) is 0. The summed E-state index contributed by atoms with van der Waals surface area (Å²) in [6.45, 7) is 0. The molecule has 0 aliphatic carbocycles. The van der Waals surface area contributed by atoms with E-state index in [1.807, 2.05) is 0 Å². The van der Waals surface area contributed by atoms with Crippen molar-refractivity contribution in [2.75, 3.05) is 0 Å². The molecule has 0 aromatic rings. The number of halogens is 4. The third-order valence-corrected chi connectivity index (χ3v) is 0. The van der Waals surface area contributed by atoms with Crippen molar-refractivity contribution in [3.8, 4) is 0 Å². The summed E-state index contributed by atoms with van der Waals surface area (Å²) in [7, 11) is 0. The molecule has 0 heterocycles. The van der Waals surface area contributed by atoms with Crippen LogP contribution < -0.4 is 0 Å². The molecule has 0 aliphatic heterocycles. The predicted octanol–water partition coefficient (Wildman–Crippen LogP) is 2.47. The smallest absolute Gasteiger partial charge is 0 e. The van der Waals surface area contributed by atoms with E-state index in [1.54, 1.807) is 0 Å². The van der Waals surface area contributed by atoms with Crippen LogP contribution in [0.15, 0.2) is 0 Å². The van der Waals surface area contributed by atoms with E-state index >= 15 is 0 Å². The first-order valence-corrected chi connectivity index (χ1v) is 0. The van der Waals surface area contributed by atoms with Crippen molar-refractivity contribution in [2.24, 2.45) is 0 Å². The Labute approximate surface area is 116 Å². The van der Waals surface area contributed by atoms with Crippen molar-refractivity contribution in [1.82, 2.24) is 0 Å². The summed E-state index contributed by atoms with van der Waals surface area (Å²) in [5, 5.41) is 0. The first kappa shape index (κ1) is 37.9. The van der Waals surface area contributed by atoms with E-state index in [0.717, 1.165) is 0 Å². The molecule has 37 valence electrons. The van der Waals surface area contributed by atoms with Crippen LogP contribution in [0.3, 0.4) is 0 Å². The Bertz CT molecular complexity index is 3.61. The van der Waals surface area contributed by atoms with Gasteiger partial charge in [-0.15, -0.1) is 95.9 Å². The molecule has 0 unspecified atom stereocenters. The van der Waals surface area contributed by atoms with Gasteiger partial charge in [-0.25, -0.2) is 0 Å². The minimum atomic E-state index is 0. The molecule has 0 nitrogen and oxygen atoms in total. The van der Waals surface area contributed by atoms with Crippen molar-refractivity contribution in [2.45, 2.75) is 0 Å². The van der Waals surface area contributed by atoms with Crippen LogP contribution in [-0.4, -0.2) is 0 Å². The van der Waals surface area contributed by atoms with Gasteiger partial charge in [0.05, 0.1) is 0 Å². The largest absolute Gasteiger partial charge is 0.107 e. The van der Waals surface area contributed by atoms with Crippen LogP contribution in [0.1, 0.15) is 0 Å². The van der Waals surface area contributed by atoms with Crippen LogP contribution in [0.4, 0.5) is 0 Å². The van der Waals surface area contributed by atoms with Gasteiger partial charge in [-0.05, 0) is 0 Å². The molecule has 0 amide bonds. The van der Waals surface area contributed by atoms with E-state index in [0.29, 0.717) is 0 Å². The van der Waals surface area contributed by atoms with Gasteiger partial charge in [-0.3, -0.25) is 0 Å². The molecule has 1 radical (unpaired) electrons. The van der Waals surface area contributed by atoms with Crippen molar-refractivity contribution in [3.05, 3.63) is 0 Å². The molecule has 0 aromatic heterocycles. The third kappa shape index (κ3) is 18.3. The average molecular weight is 605 g/mol. The van der Waals surface area contributed by atoms with E-state index in [9.17, 15) is 0 Å². The SMILES string of the molecule is I.I.I.I.[Nb].